The number of anilines is 1. The first-order chi connectivity index (χ1) is 9.60. The Bertz CT molecular complexity index is 798. The molecule has 5 nitrogen and oxygen atoms in total. The Kier molecular flexibility index (Phi) is 3.00. The Morgan fingerprint density at radius 1 is 1.25 bits per heavy atom. The molecule has 0 unspecified atom stereocenters. The number of aromatic hydroxyl groups is 1. The van der Waals surface area contributed by atoms with E-state index in [0.29, 0.717) is 27.7 Å². The van der Waals surface area contributed by atoms with Crippen LogP contribution < -0.4 is 5.73 Å². The van der Waals surface area contributed by atoms with Crippen molar-refractivity contribution in [3.8, 4) is 17.0 Å². The van der Waals surface area contributed by atoms with Crippen LogP contribution in [0.4, 0.5) is 5.82 Å². The third-order valence-electron chi connectivity index (χ3n) is 3.11. The number of imidazole rings is 1. The fourth-order valence-corrected chi connectivity index (χ4v) is 2.27. The Labute approximate surface area is 119 Å². The minimum atomic E-state index is -0.0781. The van der Waals surface area contributed by atoms with Gasteiger partial charge in [-0.05, 0) is 29.8 Å². The molecule has 0 atom stereocenters. The zero-order valence-electron chi connectivity index (χ0n) is 10.4. The molecule has 102 valence electrons. The van der Waals surface area contributed by atoms with Crippen LogP contribution in [-0.2, 0) is 6.61 Å². The fraction of sp³-hybridized carbons (Fsp3) is 0.0714. The molecule has 4 N–H and O–H groups in total. The summed E-state index contributed by atoms with van der Waals surface area (Å²) < 4.78 is 1.67. The molecule has 2 aromatic heterocycles. The standard InChI is InChI=1S/C14H12ClN3O2/c15-9-2-3-11(20)10(5-9)13-14(16)18-6-8(7-19)1-4-12(18)17-13/h1-6,19-20H,7,16H2. The van der Waals surface area contributed by atoms with E-state index < -0.39 is 0 Å². The van der Waals surface area contributed by atoms with E-state index in [2.05, 4.69) is 4.98 Å². The minimum absolute atomic E-state index is 0.0619. The van der Waals surface area contributed by atoms with E-state index in [1.165, 1.54) is 6.07 Å². The Hall–Kier alpha value is -2.24. The lowest BCUT2D eigenvalue weighted by molar-refractivity contribution is 0.281. The third kappa shape index (κ3) is 1.97. The highest BCUT2D eigenvalue weighted by Gasteiger charge is 2.15. The molecular formula is C14H12ClN3O2. The van der Waals surface area contributed by atoms with Crippen LogP contribution in [0, 0.1) is 0 Å². The minimum Gasteiger partial charge on any atom is -0.507 e. The molecule has 0 aliphatic rings. The SMILES string of the molecule is Nc1c(-c2cc(Cl)ccc2O)nc2ccc(CO)cn12. The molecular weight excluding hydrogens is 278 g/mol. The molecule has 1 aromatic carbocycles. The molecule has 0 bridgehead atoms. The van der Waals surface area contributed by atoms with Crippen molar-refractivity contribution in [2.75, 3.05) is 5.73 Å². The summed E-state index contributed by atoms with van der Waals surface area (Å²) in [6.07, 6.45) is 1.71. The molecule has 3 aromatic rings. The number of nitrogens with zero attached hydrogens (tertiary/aromatic N) is 2. The van der Waals surface area contributed by atoms with Gasteiger partial charge >= 0.3 is 0 Å². The van der Waals surface area contributed by atoms with Gasteiger partial charge in [0.05, 0.1) is 6.61 Å². The Balaban J connectivity index is 2.26. The molecule has 0 aliphatic carbocycles. The molecule has 0 fully saturated rings. The van der Waals surface area contributed by atoms with Crippen molar-refractivity contribution in [2.45, 2.75) is 6.61 Å². The third-order valence-corrected chi connectivity index (χ3v) is 3.35. The molecule has 0 saturated heterocycles. The molecule has 20 heavy (non-hydrogen) atoms. The van der Waals surface area contributed by atoms with Gasteiger partial charge in [0.1, 0.15) is 22.9 Å². The van der Waals surface area contributed by atoms with E-state index in [9.17, 15) is 5.11 Å². The normalized spacial score (nSPS) is 11.1. The first-order valence-electron chi connectivity index (χ1n) is 5.96. The maximum absolute atomic E-state index is 9.94. The van der Waals surface area contributed by atoms with Gasteiger partial charge in [0.15, 0.2) is 0 Å². The first-order valence-corrected chi connectivity index (χ1v) is 6.34. The summed E-state index contributed by atoms with van der Waals surface area (Å²) >= 11 is 5.95. The molecule has 3 rings (SSSR count). The molecule has 0 amide bonds. The number of hydrogen-bond donors (Lipinski definition) is 3. The number of rotatable bonds is 2. The van der Waals surface area contributed by atoms with Gasteiger partial charge in [0.2, 0.25) is 0 Å². The van der Waals surface area contributed by atoms with Crippen molar-refractivity contribution in [1.82, 2.24) is 9.38 Å². The summed E-state index contributed by atoms with van der Waals surface area (Å²) in [4.78, 5) is 4.40. The van der Waals surface area contributed by atoms with Gasteiger partial charge in [-0.25, -0.2) is 4.98 Å². The number of halogens is 1. The number of fused-ring (bicyclic) bond motifs is 1. The highest BCUT2D eigenvalue weighted by molar-refractivity contribution is 6.31. The van der Waals surface area contributed by atoms with Crippen LogP contribution in [0.1, 0.15) is 5.56 Å². The number of benzene rings is 1. The van der Waals surface area contributed by atoms with E-state index in [-0.39, 0.29) is 12.4 Å². The highest BCUT2D eigenvalue weighted by Crippen LogP contribution is 2.35. The van der Waals surface area contributed by atoms with Gasteiger partial charge in [-0.2, -0.15) is 0 Å². The molecule has 0 aliphatic heterocycles. The number of aliphatic hydroxyl groups excluding tert-OH is 1. The Morgan fingerprint density at radius 2 is 2.05 bits per heavy atom. The summed E-state index contributed by atoms with van der Waals surface area (Å²) in [5.41, 5.74) is 8.37. The predicted octanol–water partition coefficient (Wildman–Crippen LogP) is 2.43. The number of aromatic nitrogens is 2. The van der Waals surface area contributed by atoms with E-state index in [4.69, 9.17) is 22.4 Å². The average molecular weight is 290 g/mol. The summed E-state index contributed by atoms with van der Waals surface area (Å²) in [5, 5.41) is 19.6. The summed E-state index contributed by atoms with van der Waals surface area (Å²) in [6, 6.07) is 8.23. The van der Waals surface area contributed by atoms with Crippen LogP contribution in [0.3, 0.4) is 0 Å². The van der Waals surface area contributed by atoms with Crippen molar-refractivity contribution in [1.29, 1.82) is 0 Å². The largest absolute Gasteiger partial charge is 0.507 e. The summed E-state index contributed by atoms with van der Waals surface area (Å²) in [5.74, 6) is 0.444. The second-order valence-corrected chi connectivity index (χ2v) is 4.87. The highest BCUT2D eigenvalue weighted by atomic mass is 35.5. The zero-order chi connectivity index (χ0) is 14.3. The van der Waals surface area contributed by atoms with Gasteiger partial charge in [0.25, 0.3) is 0 Å². The first kappa shape index (κ1) is 12.8. The zero-order valence-corrected chi connectivity index (χ0v) is 11.2. The topological polar surface area (TPSA) is 83.8 Å². The van der Waals surface area contributed by atoms with Crippen LogP contribution >= 0.6 is 11.6 Å². The lowest BCUT2D eigenvalue weighted by atomic mass is 10.1. The van der Waals surface area contributed by atoms with Gasteiger partial charge in [-0.15, -0.1) is 0 Å². The molecule has 0 saturated carbocycles. The van der Waals surface area contributed by atoms with Crippen molar-refractivity contribution >= 4 is 23.1 Å². The van der Waals surface area contributed by atoms with Gasteiger partial charge in [0, 0.05) is 16.8 Å². The molecule has 2 heterocycles. The van der Waals surface area contributed by atoms with E-state index in [1.807, 2.05) is 0 Å². The van der Waals surface area contributed by atoms with Crippen LogP contribution in [-0.4, -0.2) is 19.6 Å². The van der Waals surface area contributed by atoms with Crippen LogP contribution in [0.15, 0.2) is 36.5 Å². The van der Waals surface area contributed by atoms with Crippen LogP contribution in [0.2, 0.25) is 5.02 Å². The van der Waals surface area contributed by atoms with Gasteiger partial charge in [-0.3, -0.25) is 4.40 Å². The van der Waals surface area contributed by atoms with E-state index in [0.717, 1.165) is 5.56 Å². The van der Waals surface area contributed by atoms with E-state index >= 15 is 0 Å². The molecule has 6 heteroatoms. The Morgan fingerprint density at radius 3 is 2.80 bits per heavy atom. The number of aliphatic hydroxyl groups is 1. The lowest BCUT2D eigenvalue weighted by Crippen LogP contribution is -1.96. The summed E-state index contributed by atoms with van der Waals surface area (Å²) in [7, 11) is 0. The maximum Gasteiger partial charge on any atom is 0.139 e. The molecule has 0 radical (unpaired) electrons. The molecule has 0 spiro atoms. The lowest BCUT2D eigenvalue weighted by Gasteiger charge is -2.03. The van der Waals surface area contributed by atoms with Crippen molar-refractivity contribution < 1.29 is 10.2 Å². The van der Waals surface area contributed by atoms with Gasteiger partial charge in [-0.1, -0.05) is 17.7 Å². The number of phenols is 1. The van der Waals surface area contributed by atoms with Crippen molar-refractivity contribution in [2.24, 2.45) is 0 Å². The number of hydrogen-bond acceptors (Lipinski definition) is 4. The van der Waals surface area contributed by atoms with Crippen molar-refractivity contribution in [3.05, 3.63) is 47.1 Å². The number of nitrogens with two attached hydrogens (primary N) is 1. The van der Waals surface area contributed by atoms with Gasteiger partial charge < -0.3 is 15.9 Å². The number of nitrogen functional groups attached to an aromatic ring is 1. The van der Waals surface area contributed by atoms with Crippen LogP contribution in [0.5, 0.6) is 5.75 Å². The smallest absolute Gasteiger partial charge is 0.139 e. The second-order valence-electron chi connectivity index (χ2n) is 4.43. The maximum atomic E-state index is 9.94. The van der Waals surface area contributed by atoms with E-state index in [1.54, 1.807) is 34.9 Å². The number of phenolic OH excluding ortho intramolecular Hbond substituents is 1. The second kappa shape index (κ2) is 4.70. The van der Waals surface area contributed by atoms with Crippen molar-refractivity contribution in [3.63, 3.8) is 0 Å². The van der Waals surface area contributed by atoms with Crippen LogP contribution in [0.25, 0.3) is 16.9 Å². The monoisotopic (exact) mass is 289 g/mol. The average Bonchev–Trinajstić information content (AvgIpc) is 2.78. The summed E-state index contributed by atoms with van der Waals surface area (Å²) in [6.45, 7) is -0.0781. The predicted molar refractivity (Wildman–Crippen MR) is 77.6 cm³/mol. The fourth-order valence-electron chi connectivity index (χ4n) is 2.10. The quantitative estimate of drug-likeness (QED) is 0.676. The number of pyridine rings is 1.